The van der Waals surface area contributed by atoms with Gasteiger partial charge in [0.1, 0.15) is 0 Å². The van der Waals surface area contributed by atoms with Gasteiger partial charge in [-0.05, 0) is 31.0 Å². The molecule has 1 amide bonds. The Kier molecular flexibility index (Phi) is 3.03. The van der Waals surface area contributed by atoms with Crippen molar-refractivity contribution in [1.82, 2.24) is 4.90 Å². The quantitative estimate of drug-likeness (QED) is 0.789. The van der Waals surface area contributed by atoms with Crippen LogP contribution >= 0.6 is 0 Å². The van der Waals surface area contributed by atoms with Crippen molar-refractivity contribution < 1.29 is 19.0 Å². The number of fused-ring (bicyclic) bond motifs is 1. The highest BCUT2D eigenvalue weighted by atomic mass is 16.5. The number of hydrogen-bond acceptors (Lipinski definition) is 4. The molecule has 0 aromatic heterocycles. The van der Waals surface area contributed by atoms with E-state index in [4.69, 9.17) is 14.2 Å². The second-order valence-corrected chi connectivity index (χ2v) is 6.14. The van der Waals surface area contributed by atoms with Crippen LogP contribution in [0.25, 0.3) is 0 Å². The minimum absolute atomic E-state index is 0.0371. The Bertz CT molecular complexity index is 561. The summed E-state index contributed by atoms with van der Waals surface area (Å²) in [6, 6.07) is 5.49. The van der Waals surface area contributed by atoms with Crippen LogP contribution in [0.1, 0.15) is 23.2 Å². The molecule has 1 aliphatic carbocycles. The van der Waals surface area contributed by atoms with Gasteiger partial charge >= 0.3 is 0 Å². The fourth-order valence-electron chi connectivity index (χ4n) is 2.79. The van der Waals surface area contributed by atoms with E-state index >= 15 is 0 Å². The van der Waals surface area contributed by atoms with E-state index in [9.17, 15) is 4.79 Å². The van der Waals surface area contributed by atoms with E-state index in [0.717, 1.165) is 12.4 Å². The molecule has 0 N–H and O–H groups in total. The maximum Gasteiger partial charge on any atom is 0.254 e. The number of ether oxygens (including phenoxy) is 3. The summed E-state index contributed by atoms with van der Waals surface area (Å²) in [4.78, 5) is 14.3. The van der Waals surface area contributed by atoms with Crippen molar-refractivity contribution in [1.29, 1.82) is 0 Å². The van der Waals surface area contributed by atoms with E-state index < -0.39 is 0 Å². The molecule has 1 aromatic rings. The van der Waals surface area contributed by atoms with Crippen molar-refractivity contribution in [2.45, 2.75) is 12.8 Å². The average Bonchev–Trinajstić information content (AvgIpc) is 3.34. The van der Waals surface area contributed by atoms with Crippen molar-refractivity contribution in [3.8, 4) is 11.5 Å². The molecule has 2 aliphatic heterocycles. The third-order valence-electron chi connectivity index (χ3n) is 4.51. The van der Waals surface area contributed by atoms with Crippen LogP contribution in [-0.2, 0) is 4.74 Å². The lowest BCUT2D eigenvalue weighted by Gasteiger charge is -2.27. The Morgan fingerprint density at radius 1 is 1.05 bits per heavy atom. The number of hydrogen-bond donors (Lipinski definition) is 0. The molecule has 2 heterocycles. The van der Waals surface area contributed by atoms with Gasteiger partial charge in [-0.2, -0.15) is 0 Å². The van der Waals surface area contributed by atoms with Gasteiger partial charge < -0.3 is 19.1 Å². The third kappa shape index (κ3) is 2.46. The van der Waals surface area contributed by atoms with Crippen LogP contribution in [0.2, 0.25) is 0 Å². The molecule has 1 spiro atoms. The Morgan fingerprint density at radius 3 is 2.48 bits per heavy atom. The lowest BCUT2D eigenvalue weighted by molar-refractivity contribution is 0.0302. The summed E-state index contributed by atoms with van der Waals surface area (Å²) in [6.45, 7) is 3.93. The molecule has 21 heavy (non-hydrogen) atoms. The highest BCUT2D eigenvalue weighted by molar-refractivity contribution is 5.95. The second-order valence-electron chi connectivity index (χ2n) is 6.14. The number of rotatable bonds is 1. The first-order chi connectivity index (χ1) is 10.3. The molecule has 0 bridgehead atoms. The maximum absolute atomic E-state index is 12.5. The van der Waals surface area contributed by atoms with E-state index in [1.807, 2.05) is 23.1 Å². The van der Waals surface area contributed by atoms with Crippen molar-refractivity contribution in [2.24, 2.45) is 5.41 Å². The monoisotopic (exact) mass is 289 g/mol. The van der Waals surface area contributed by atoms with E-state index in [0.29, 0.717) is 44.2 Å². The summed E-state index contributed by atoms with van der Waals surface area (Å²) in [5, 5.41) is 0. The molecule has 3 aliphatic rings. The number of carbonyl (C=O) groups excluding carboxylic acids is 1. The lowest BCUT2D eigenvalue weighted by Crippen LogP contribution is -2.40. The van der Waals surface area contributed by atoms with Crippen LogP contribution in [0.5, 0.6) is 11.5 Å². The first kappa shape index (κ1) is 13.0. The Balaban J connectivity index is 1.54. The standard InChI is InChI=1S/C16H19NO4/c18-15(17-5-7-19-8-6-17)12-1-2-13-14(9-12)21-11-16(3-4-16)10-20-13/h1-2,9H,3-8,10-11H2. The minimum Gasteiger partial charge on any atom is -0.489 e. The molecule has 5 heteroatoms. The predicted octanol–water partition coefficient (Wildman–Crippen LogP) is 1.71. The molecule has 0 unspecified atom stereocenters. The predicted molar refractivity (Wildman–Crippen MR) is 75.8 cm³/mol. The van der Waals surface area contributed by atoms with E-state index in [-0.39, 0.29) is 11.3 Å². The Morgan fingerprint density at radius 2 is 1.76 bits per heavy atom. The number of carbonyl (C=O) groups is 1. The largest absolute Gasteiger partial charge is 0.489 e. The average molecular weight is 289 g/mol. The Hall–Kier alpha value is -1.75. The second kappa shape index (κ2) is 4.91. The van der Waals surface area contributed by atoms with Gasteiger partial charge in [0.05, 0.1) is 26.4 Å². The zero-order valence-electron chi connectivity index (χ0n) is 12.0. The normalized spacial score (nSPS) is 22.8. The van der Waals surface area contributed by atoms with Crippen LogP contribution in [0.15, 0.2) is 18.2 Å². The van der Waals surface area contributed by atoms with Gasteiger partial charge in [-0.3, -0.25) is 4.79 Å². The van der Waals surface area contributed by atoms with Gasteiger partial charge in [0.2, 0.25) is 0 Å². The summed E-state index contributed by atoms with van der Waals surface area (Å²) >= 11 is 0. The Labute approximate surface area is 123 Å². The first-order valence-electron chi connectivity index (χ1n) is 7.53. The molecule has 0 radical (unpaired) electrons. The zero-order valence-corrected chi connectivity index (χ0v) is 12.0. The fraction of sp³-hybridized carbons (Fsp3) is 0.562. The molecular weight excluding hydrogens is 270 g/mol. The molecule has 1 saturated carbocycles. The van der Waals surface area contributed by atoms with Crippen molar-refractivity contribution in [3.05, 3.63) is 23.8 Å². The molecule has 0 atom stereocenters. The smallest absolute Gasteiger partial charge is 0.254 e. The van der Waals surface area contributed by atoms with Crippen molar-refractivity contribution >= 4 is 5.91 Å². The van der Waals surface area contributed by atoms with Crippen LogP contribution in [0.4, 0.5) is 0 Å². The maximum atomic E-state index is 12.5. The highest BCUT2D eigenvalue weighted by Crippen LogP contribution is 2.49. The molecule has 1 aromatic carbocycles. The molecular formula is C16H19NO4. The third-order valence-corrected chi connectivity index (χ3v) is 4.51. The van der Waals surface area contributed by atoms with Crippen LogP contribution in [0.3, 0.4) is 0 Å². The van der Waals surface area contributed by atoms with Gasteiger partial charge in [-0.25, -0.2) is 0 Å². The zero-order chi connectivity index (χ0) is 14.3. The molecule has 5 nitrogen and oxygen atoms in total. The fourth-order valence-corrected chi connectivity index (χ4v) is 2.79. The summed E-state index contributed by atoms with van der Waals surface area (Å²) < 4.78 is 17.0. The van der Waals surface area contributed by atoms with Gasteiger partial charge in [0.15, 0.2) is 11.5 Å². The number of amides is 1. The first-order valence-corrected chi connectivity index (χ1v) is 7.53. The molecule has 4 rings (SSSR count). The highest BCUT2D eigenvalue weighted by Gasteiger charge is 2.46. The summed E-state index contributed by atoms with van der Waals surface area (Å²) in [5.74, 6) is 1.48. The molecule has 2 fully saturated rings. The van der Waals surface area contributed by atoms with Crippen LogP contribution < -0.4 is 9.47 Å². The summed E-state index contributed by atoms with van der Waals surface area (Å²) in [6.07, 6.45) is 2.33. The topological polar surface area (TPSA) is 48.0 Å². The minimum atomic E-state index is 0.0371. The number of nitrogens with zero attached hydrogens (tertiary/aromatic N) is 1. The van der Waals surface area contributed by atoms with E-state index in [1.54, 1.807) is 0 Å². The number of benzene rings is 1. The van der Waals surface area contributed by atoms with E-state index in [1.165, 1.54) is 12.8 Å². The van der Waals surface area contributed by atoms with Gasteiger partial charge in [0.25, 0.3) is 5.91 Å². The van der Waals surface area contributed by atoms with Gasteiger partial charge in [-0.15, -0.1) is 0 Å². The summed E-state index contributed by atoms with van der Waals surface area (Å²) in [5.41, 5.74) is 0.874. The van der Waals surface area contributed by atoms with Gasteiger partial charge in [0, 0.05) is 24.1 Å². The number of morpholine rings is 1. The molecule has 1 saturated heterocycles. The SMILES string of the molecule is O=C(c1ccc2c(c1)OCC1(CC1)CO2)N1CCOCC1. The van der Waals surface area contributed by atoms with Crippen molar-refractivity contribution in [2.75, 3.05) is 39.5 Å². The van der Waals surface area contributed by atoms with Crippen molar-refractivity contribution in [3.63, 3.8) is 0 Å². The van der Waals surface area contributed by atoms with Crippen LogP contribution in [-0.4, -0.2) is 50.3 Å². The van der Waals surface area contributed by atoms with Crippen LogP contribution in [0, 0.1) is 5.41 Å². The van der Waals surface area contributed by atoms with Gasteiger partial charge in [-0.1, -0.05) is 0 Å². The van der Waals surface area contributed by atoms with E-state index in [2.05, 4.69) is 0 Å². The lowest BCUT2D eigenvalue weighted by atomic mass is 10.1. The summed E-state index contributed by atoms with van der Waals surface area (Å²) in [7, 11) is 0. The molecule has 112 valence electrons.